The van der Waals surface area contributed by atoms with Crippen molar-refractivity contribution >= 4 is 44.7 Å². The molecule has 9 heteroatoms. The van der Waals surface area contributed by atoms with E-state index in [1.165, 1.54) is 11.4 Å². The molecule has 2 N–H and O–H groups in total. The Morgan fingerprint density at radius 1 is 0.464 bits per heavy atom. The molecule has 9 aromatic rings. The van der Waals surface area contributed by atoms with Crippen molar-refractivity contribution in [2.75, 3.05) is 14.2 Å². The quantitative estimate of drug-likeness (QED) is 0.119. The van der Waals surface area contributed by atoms with Crippen molar-refractivity contribution in [2.24, 2.45) is 0 Å². The summed E-state index contributed by atoms with van der Waals surface area (Å²) in [5, 5.41) is 12.1. The second-order valence-electron chi connectivity index (χ2n) is 17.5. The van der Waals surface area contributed by atoms with Crippen molar-refractivity contribution in [1.29, 1.82) is 0 Å². The summed E-state index contributed by atoms with van der Waals surface area (Å²) in [6.45, 7) is 8.14. The van der Waals surface area contributed by atoms with E-state index in [9.17, 15) is 9.59 Å². The molecule has 1 heterocycles. The molecular formula is C60H50N4O4S+2. The summed E-state index contributed by atoms with van der Waals surface area (Å²) in [6, 6.07) is 56.7. The molecule has 2 atom stereocenters. The minimum atomic E-state index is -0.234. The van der Waals surface area contributed by atoms with Gasteiger partial charge in [-0.2, -0.15) is 0 Å². The number of benzene rings is 9. The second-order valence-corrected chi connectivity index (χ2v) is 18.0. The highest BCUT2D eigenvalue weighted by Gasteiger charge is 2.30. The minimum Gasteiger partial charge on any atom is -0.496 e. The fraction of sp³-hybridized carbons (Fsp3) is 0.133. The maximum absolute atomic E-state index is 13.7. The van der Waals surface area contributed by atoms with Crippen LogP contribution in [-0.2, 0) is 11.4 Å². The lowest BCUT2D eigenvalue weighted by Gasteiger charge is -2.19. The van der Waals surface area contributed by atoms with Gasteiger partial charge in [-0.05, 0) is 136 Å². The van der Waals surface area contributed by atoms with E-state index in [2.05, 4.69) is 103 Å². The van der Waals surface area contributed by atoms with Gasteiger partial charge in [-0.25, -0.2) is 0 Å². The lowest BCUT2D eigenvalue weighted by atomic mass is 9.86. The average molecular weight is 923 g/mol. The SMILES string of the molecule is COc1cc(C(=O)NC(C)c2ccccc2)cc(OC)c1-c1cccc2cccc(-c3ccc(-c4cccc5cccc(-c6c(C)cc(C(=O)NC(C)c7ccccc7)cc6C)c45)c4c3=[N+]=S=[N+]=4)c12. The highest BCUT2D eigenvalue weighted by molar-refractivity contribution is 7.55. The van der Waals surface area contributed by atoms with Crippen molar-refractivity contribution in [3.8, 4) is 56.0 Å². The van der Waals surface area contributed by atoms with Crippen LogP contribution < -0.4 is 38.9 Å². The first kappa shape index (κ1) is 44.5. The van der Waals surface area contributed by atoms with Crippen LogP contribution in [0.5, 0.6) is 11.5 Å². The first-order chi connectivity index (χ1) is 33.6. The smallest absolute Gasteiger partial charge is 0.496 e. The number of carbonyl (C=O) groups is 2. The topological polar surface area (TPSA) is 105 Å². The largest absolute Gasteiger partial charge is 0.700 e. The summed E-state index contributed by atoms with van der Waals surface area (Å²) in [6.07, 6.45) is 0. The Balaban J connectivity index is 1.06. The zero-order chi connectivity index (χ0) is 47.8. The molecule has 1 aliphatic rings. The summed E-state index contributed by atoms with van der Waals surface area (Å²) in [7, 11) is 3.23. The molecule has 0 fully saturated rings. The summed E-state index contributed by atoms with van der Waals surface area (Å²) >= 11 is 1.20. The number of carbonyl (C=O) groups excluding carboxylic acids is 2. The van der Waals surface area contributed by atoms with Gasteiger partial charge in [0.05, 0.1) is 51.1 Å². The van der Waals surface area contributed by atoms with Gasteiger partial charge in [-0.1, -0.05) is 133 Å². The fourth-order valence-electron chi connectivity index (χ4n) is 9.89. The highest BCUT2D eigenvalue weighted by Crippen LogP contribution is 2.45. The number of rotatable bonds is 12. The number of ether oxygens (including phenoxy) is 2. The molecule has 2 amide bonds. The predicted octanol–water partition coefficient (Wildman–Crippen LogP) is 11.1. The molecule has 0 aromatic heterocycles. The van der Waals surface area contributed by atoms with Gasteiger partial charge in [0.2, 0.25) is 0 Å². The standard InChI is InChI=1S/C60H48N4O4S/c1-35-31-43(59(65)61-37(3)39-17-9-7-10-18-39)32-36(2)53(35)49-27-15-23-41-21-13-25-45(54(41)49)47-29-30-48(58-57(47)63-69-64-58)46-26-14-22-42-24-16-28-50(55(42)46)56-51(67-5)33-44(34-52(56)68-6)60(66)62-38(4)40-19-11-8-12-20-40/h7-34,37-38H,1-6H3/p+2. The Labute approximate surface area is 404 Å². The van der Waals surface area contributed by atoms with Crippen LogP contribution in [0.4, 0.5) is 0 Å². The van der Waals surface area contributed by atoms with Gasteiger partial charge in [-0.15, -0.1) is 0 Å². The van der Waals surface area contributed by atoms with Crippen LogP contribution >= 0.6 is 0 Å². The minimum absolute atomic E-state index is 0.107. The molecule has 0 saturated carbocycles. The number of nitrogens with one attached hydrogen (secondary N) is 2. The average Bonchev–Trinajstić information content (AvgIpc) is 3.88. The number of hydrogen-bond donors (Lipinski definition) is 2. The fourth-order valence-corrected chi connectivity index (χ4v) is 10.5. The van der Waals surface area contributed by atoms with Crippen molar-refractivity contribution in [3.05, 3.63) is 214 Å². The van der Waals surface area contributed by atoms with E-state index >= 15 is 0 Å². The molecule has 338 valence electrons. The van der Waals surface area contributed by atoms with Crippen molar-refractivity contribution in [1.82, 2.24) is 18.7 Å². The van der Waals surface area contributed by atoms with Gasteiger partial charge in [0, 0.05) is 11.1 Å². The van der Waals surface area contributed by atoms with Crippen molar-refractivity contribution in [3.63, 3.8) is 0 Å². The zero-order valence-electron chi connectivity index (χ0n) is 39.3. The van der Waals surface area contributed by atoms with Crippen LogP contribution in [0.3, 0.4) is 0 Å². The Morgan fingerprint density at radius 2 is 0.855 bits per heavy atom. The number of hydrogen-bond acceptors (Lipinski definition) is 4. The first-order valence-electron chi connectivity index (χ1n) is 23.0. The Bertz CT molecular complexity index is 3700. The number of nitrogens with zero attached hydrogens (tertiary/aromatic N) is 2. The molecule has 69 heavy (non-hydrogen) atoms. The van der Waals surface area contributed by atoms with Crippen LogP contribution in [0, 0.1) is 13.8 Å². The Morgan fingerprint density at radius 3 is 1.28 bits per heavy atom. The summed E-state index contributed by atoms with van der Waals surface area (Å²) in [5.41, 5.74) is 12.9. The maximum Gasteiger partial charge on any atom is 0.700 e. The molecule has 9 aromatic carbocycles. The van der Waals surface area contributed by atoms with Gasteiger partial charge >= 0.3 is 22.1 Å². The molecule has 0 bridgehead atoms. The van der Waals surface area contributed by atoms with Crippen molar-refractivity contribution < 1.29 is 19.1 Å². The number of methoxy groups -OCH3 is 2. The highest BCUT2D eigenvalue weighted by atomic mass is 32.1. The summed E-state index contributed by atoms with van der Waals surface area (Å²) in [4.78, 5) is 27.4. The van der Waals surface area contributed by atoms with Crippen LogP contribution in [0.25, 0.3) is 66.1 Å². The third-order valence-corrected chi connectivity index (χ3v) is 13.7. The molecule has 10 rings (SSSR count). The molecule has 0 aliphatic carbocycles. The van der Waals surface area contributed by atoms with E-state index in [1.54, 1.807) is 26.4 Å². The van der Waals surface area contributed by atoms with Crippen LogP contribution in [0.1, 0.15) is 68.9 Å². The predicted molar refractivity (Wildman–Crippen MR) is 280 cm³/mol. The molecule has 0 spiro atoms. The summed E-state index contributed by atoms with van der Waals surface area (Å²) in [5.74, 6) is 0.683. The van der Waals surface area contributed by atoms with Gasteiger partial charge in [0.15, 0.2) is 0 Å². The zero-order valence-corrected chi connectivity index (χ0v) is 40.1. The van der Waals surface area contributed by atoms with Crippen LogP contribution in [0.15, 0.2) is 170 Å². The van der Waals surface area contributed by atoms with E-state index in [-0.39, 0.29) is 23.9 Å². The monoisotopic (exact) mass is 922 g/mol. The molecule has 2 unspecified atom stereocenters. The lowest BCUT2D eigenvalue weighted by Crippen LogP contribution is -2.31. The Kier molecular flexibility index (Phi) is 12.1. The van der Waals surface area contributed by atoms with Gasteiger partial charge < -0.3 is 20.1 Å². The van der Waals surface area contributed by atoms with Crippen molar-refractivity contribution in [2.45, 2.75) is 39.8 Å². The molecule has 1 aliphatic heterocycles. The lowest BCUT2D eigenvalue weighted by molar-refractivity contribution is 0.0931. The normalized spacial score (nSPS) is 12.3. The first-order valence-corrected chi connectivity index (χ1v) is 23.8. The van der Waals surface area contributed by atoms with E-state index < -0.39 is 0 Å². The summed E-state index contributed by atoms with van der Waals surface area (Å²) < 4.78 is 22.1. The van der Waals surface area contributed by atoms with E-state index in [0.717, 1.165) is 99.0 Å². The number of amides is 2. The van der Waals surface area contributed by atoms with E-state index in [1.807, 2.05) is 92.7 Å². The molecule has 0 radical (unpaired) electrons. The van der Waals surface area contributed by atoms with Gasteiger partial charge in [-0.3, -0.25) is 9.59 Å². The maximum atomic E-state index is 13.7. The molecular weight excluding hydrogens is 873 g/mol. The molecule has 8 nitrogen and oxygen atoms in total. The van der Waals surface area contributed by atoms with Gasteiger partial charge in [0.25, 0.3) is 11.8 Å². The van der Waals surface area contributed by atoms with E-state index in [4.69, 9.17) is 17.6 Å². The Hall–Kier alpha value is -8.32. The second kappa shape index (κ2) is 18.8. The van der Waals surface area contributed by atoms with E-state index in [0.29, 0.717) is 22.6 Å². The van der Waals surface area contributed by atoms with Crippen LogP contribution in [-0.4, -0.2) is 26.0 Å². The van der Waals surface area contributed by atoms with Crippen LogP contribution in [0.2, 0.25) is 0 Å². The van der Waals surface area contributed by atoms with Gasteiger partial charge in [0.1, 0.15) is 11.5 Å². The number of fused-ring (bicyclic) bond motifs is 3. The molecule has 0 saturated heterocycles. The third kappa shape index (κ3) is 8.30. The third-order valence-electron chi connectivity index (χ3n) is 13.2. The number of aryl methyl sites for hydroxylation is 2.